The zero-order valence-electron chi connectivity index (χ0n) is 19.4. The Kier molecular flexibility index (Phi) is 7.26. The minimum atomic E-state index is -0.575. The van der Waals surface area contributed by atoms with Crippen molar-refractivity contribution in [1.82, 2.24) is 9.47 Å². The van der Waals surface area contributed by atoms with Gasteiger partial charge in [-0.25, -0.2) is 4.99 Å². The summed E-state index contributed by atoms with van der Waals surface area (Å²) in [5.74, 6) is -0.108. The molecule has 0 saturated heterocycles. The van der Waals surface area contributed by atoms with E-state index in [0.29, 0.717) is 38.7 Å². The van der Waals surface area contributed by atoms with Crippen LogP contribution in [-0.2, 0) is 4.79 Å². The summed E-state index contributed by atoms with van der Waals surface area (Å²) in [6.45, 7) is 8.91. The van der Waals surface area contributed by atoms with E-state index < -0.39 is 6.04 Å². The Morgan fingerprint density at radius 2 is 1.85 bits per heavy atom. The molecule has 3 aromatic rings. The lowest BCUT2D eigenvalue weighted by Crippen LogP contribution is -2.43. The highest BCUT2D eigenvalue weighted by Gasteiger charge is 2.34. The molecule has 2 aromatic carbocycles. The molecule has 0 radical (unpaired) electrons. The zero-order chi connectivity index (χ0) is 24.6. The van der Waals surface area contributed by atoms with Crippen molar-refractivity contribution in [2.24, 2.45) is 4.99 Å². The van der Waals surface area contributed by atoms with Crippen LogP contribution in [0.25, 0.3) is 6.08 Å². The van der Waals surface area contributed by atoms with Crippen LogP contribution >= 0.6 is 38.9 Å². The Labute approximate surface area is 215 Å². The van der Waals surface area contributed by atoms with E-state index in [1.165, 1.54) is 11.3 Å². The Bertz CT molecular complexity index is 1470. The number of nitrogens with zero attached hydrogens (tertiary/aromatic N) is 3. The molecule has 1 amide bonds. The third kappa shape index (κ3) is 4.57. The fourth-order valence-corrected chi connectivity index (χ4v) is 5.66. The highest BCUT2D eigenvalue weighted by atomic mass is 79.9. The van der Waals surface area contributed by atoms with Crippen molar-refractivity contribution in [2.75, 3.05) is 13.1 Å². The summed E-state index contributed by atoms with van der Waals surface area (Å²) in [6.07, 6.45) is 1.87. The Hall–Kier alpha value is -2.48. The van der Waals surface area contributed by atoms with Gasteiger partial charge in [0.25, 0.3) is 11.5 Å². The molecule has 0 aliphatic carbocycles. The second kappa shape index (κ2) is 10.0. The van der Waals surface area contributed by atoms with Crippen LogP contribution in [0.4, 0.5) is 0 Å². The summed E-state index contributed by atoms with van der Waals surface area (Å²) in [7, 11) is 0. The van der Waals surface area contributed by atoms with Crippen LogP contribution in [0.5, 0.6) is 0 Å². The number of carbonyl (C=O) groups excluding carboxylic acids is 1. The molecule has 1 atom stereocenters. The van der Waals surface area contributed by atoms with Crippen molar-refractivity contribution in [3.05, 3.63) is 99.6 Å². The number of allylic oxidation sites excluding steroid dienone is 1. The van der Waals surface area contributed by atoms with Crippen molar-refractivity contribution < 1.29 is 4.79 Å². The zero-order valence-corrected chi connectivity index (χ0v) is 22.6. The number of benzene rings is 2. The minimum Gasteiger partial charge on any atom is -0.339 e. The number of halogens is 2. The first-order valence-corrected chi connectivity index (χ1v) is 13.1. The number of aryl methyl sites for hydroxylation is 1. The normalized spacial score (nSPS) is 15.8. The lowest BCUT2D eigenvalue weighted by molar-refractivity contribution is -0.127. The molecule has 8 heteroatoms. The van der Waals surface area contributed by atoms with Crippen LogP contribution in [0.2, 0.25) is 5.02 Å². The first-order chi connectivity index (χ1) is 16.2. The maximum atomic E-state index is 13.7. The lowest BCUT2D eigenvalue weighted by Gasteiger charge is -2.29. The van der Waals surface area contributed by atoms with Gasteiger partial charge in [-0.05, 0) is 68.7 Å². The quantitative estimate of drug-likeness (QED) is 0.451. The van der Waals surface area contributed by atoms with E-state index in [1.54, 1.807) is 21.6 Å². The van der Waals surface area contributed by atoms with E-state index >= 15 is 0 Å². The van der Waals surface area contributed by atoms with Gasteiger partial charge < -0.3 is 4.90 Å². The van der Waals surface area contributed by atoms with Crippen molar-refractivity contribution >= 4 is 50.9 Å². The average Bonchev–Trinajstić information content (AvgIpc) is 3.11. The number of likely N-dealkylation sites (N-methyl/N-ethyl adjacent to an activating group) is 1. The lowest BCUT2D eigenvalue weighted by atomic mass is 9.94. The van der Waals surface area contributed by atoms with E-state index in [4.69, 9.17) is 16.6 Å². The number of hydrogen-bond acceptors (Lipinski definition) is 4. The van der Waals surface area contributed by atoms with Crippen molar-refractivity contribution in [2.45, 2.75) is 33.7 Å². The van der Waals surface area contributed by atoms with Crippen LogP contribution in [-0.4, -0.2) is 28.5 Å². The summed E-state index contributed by atoms with van der Waals surface area (Å²) in [5, 5.41) is 0.596. The summed E-state index contributed by atoms with van der Waals surface area (Å²) < 4.78 is 3.20. The summed E-state index contributed by atoms with van der Waals surface area (Å²) in [5.41, 5.74) is 3.83. The average molecular weight is 559 g/mol. The second-order valence-corrected chi connectivity index (χ2v) is 10.4. The largest absolute Gasteiger partial charge is 0.339 e. The molecule has 1 aliphatic heterocycles. The number of rotatable bonds is 5. The first kappa shape index (κ1) is 24.6. The van der Waals surface area contributed by atoms with Gasteiger partial charge in [0.15, 0.2) is 4.80 Å². The predicted octanol–water partition coefficient (Wildman–Crippen LogP) is 4.83. The van der Waals surface area contributed by atoms with Crippen LogP contribution in [0, 0.1) is 6.92 Å². The Morgan fingerprint density at radius 1 is 1.18 bits per heavy atom. The molecule has 2 heterocycles. The van der Waals surface area contributed by atoms with Gasteiger partial charge in [-0.2, -0.15) is 0 Å². The van der Waals surface area contributed by atoms with E-state index in [2.05, 4.69) is 15.9 Å². The monoisotopic (exact) mass is 557 g/mol. The third-order valence-electron chi connectivity index (χ3n) is 5.98. The molecule has 176 valence electrons. The first-order valence-electron chi connectivity index (χ1n) is 11.1. The van der Waals surface area contributed by atoms with Crippen molar-refractivity contribution in [3.8, 4) is 0 Å². The van der Waals surface area contributed by atoms with E-state index in [0.717, 1.165) is 21.2 Å². The third-order valence-corrected chi connectivity index (χ3v) is 8.07. The number of carbonyl (C=O) groups is 1. The molecule has 0 N–H and O–H groups in total. The smallest absolute Gasteiger partial charge is 0.271 e. The fourth-order valence-electron chi connectivity index (χ4n) is 4.09. The molecular formula is C26H25BrClN3O2S. The van der Waals surface area contributed by atoms with E-state index in [-0.39, 0.29) is 11.5 Å². The molecule has 5 nitrogen and oxygen atoms in total. The van der Waals surface area contributed by atoms with Gasteiger partial charge in [-0.1, -0.05) is 63.1 Å². The molecule has 0 bridgehead atoms. The molecule has 34 heavy (non-hydrogen) atoms. The van der Waals surface area contributed by atoms with Crippen LogP contribution in [0.1, 0.15) is 43.5 Å². The molecule has 1 aliphatic rings. The van der Waals surface area contributed by atoms with Gasteiger partial charge in [-0.3, -0.25) is 14.2 Å². The molecule has 0 saturated carbocycles. The molecular weight excluding hydrogens is 534 g/mol. The predicted molar refractivity (Wildman–Crippen MR) is 142 cm³/mol. The molecule has 0 unspecified atom stereocenters. The summed E-state index contributed by atoms with van der Waals surface area (Å²) >= 11 is 11.0. The Morgan fingerprint density at radius 3 is 2.47 bits per heavy atom. The molecule has 0 fully saturated rings. The highest BCUT2D eigenvalue weighted by molar-refractivity contribution is 9.10. The Balaban J connectivity index is 1.95. The van der Waals surface area contributed by atoms with Gasteiger partial charge >= 0.3 is 0 Å². The van der Waals surface area contributed by atoms with Crippen LogP contribution in [0.3, 0.4) is 0 Å². The topological polar surface area (TPSA) is 54.7 Å². The van der Waals surface area contributed by atoms with E-state index in [1.807, 2.05) is 64.1 Å². The van der Waals surface area contributed by atoms with Gasteiger partial charge in [0.2, 0.25) is 0 Å². The number of thiazole rings is 1. The van der Waals surface area contributed by atoms with Gasteiger partial charge in [0, 0.05) is 22.6 Å². The van der Waals surface area contributed by atoms with Crippen molar-refractivity contribution in [1.29, 1.82) is 0 Å². The minimum absolute atomic E-state index is 0.108. The molecule has 1 aromatic heterocycles. The fraction of sp³-hybridized carbons (Fsp3) is 0.269. The molecule has 0 spiro atoms. The van der Waals surface area contributed by atoms with Gasteiger partial charge in [0.1, 0.15) is 0 Å². The van der Waals surface area contributed by atoms with Gasteiger partial charge in [0.05, 0.1) is 21.8 Å². The second-order valence-electron chi connectivity index (χ2n) is 8.12. The maximum Gasteiger partial charge on any atom is 0.271 e. The standard InChI is InChI=1S/C26H25BrClN3O2S/c1-5-30(6-2)25(33)22-16(4)29-26-31(23(22)18-9-11-19(28)12-10-18)24(32)21(34-26)14-17-8-7-15(3)20(27)13-17/h7-14,23H,5-6H2,1-4H3/b21-14+/t23-/m0/s1. The van der Waals surface area contributed by atoms with Crippen LogP contribution in [0.15, 0.2) is 68.0 Å². The van der Waals surface area contributed by atoms with Gasteiger partial charge in [-0.15, -0.1) is 0 Å². The number of amides is 1. The molecule has 4 rings (SSSR count). The number of aromatic nitrogens is 1. The highest BCUT2D eigenvalue weighted by Crippen LogP contribution is 2.31. The number of fused-ring (bicyclic) bond motifs is 1. The maximum absolute atomic E-state index is 13.7. The number of hydrogen-bond donors (Lipinski definition) is 0. The summed E-state index contributed by atoms with van der Waals surface area (Å²) in [4.78, 5) is 34.3. The summed E-state index contributed by atoms with van der Waals surface area (Å²) in [6, 6.07) is 12.7. The van der Waals surface area contributed by atoms with Crippen LogP contribution < -0.4 is 14.9 Å². The van der Waals surface area contributed by atoms with Crippen molar-refractivity contribution in [3.63, 3.8) is 0 Å². The SMILES string of the molecule is CCN(CC)C(=O)C1=C(C)N=c2s/c(=C/c3ccc(C)c(Br)c3)c(=O)n2[C@H]1c1ccc(Cl)cc1. The van der Waals surface area contributed by atoms with E-state index in [9.17, 15) is 9.59 Å².